The van der Waals surface area contributed by atoms with Crippen molar-refractivity contribution in [2.24, 2.45) is 5.84 Å². The molecule has 0 aliphatic rings. The Balaban J connectivity index is 1.84. The second-order valence-electron chi connectivity index (χ2n) is 4.13. The summed E-state index contributed by atoms with van der Waals surface area (Å²) in [5.41, 5.74) is 2.50. The molecule has 0 aliphatic carbocycles. The molecule has 0 fully saturated rings. The molecule has 110 valence electrons. The molecule has 21 heavy (non-hydrogen) atoms. The zero-order chi connectivity index (χ0) is 15.1. The third-order valence-electron chi connectivity index (χ3n) is 2.67. The predicted octanol–water partition coefficient (Wildman–Crippen LogP) is 2.40. The number of ether oxygens (including phenoxy) is 2. The highest BCUT2D eigenvalue weighted by molar-refractivity contribution is 6.32. The van der Waals surface area contributed by atoms with Gasteiger partial charge in [0.15, 0.2) is 0 Å². The van der Waals surface area contributed by atoms with Crippen molar-refractivity contribution >= 4 is 17.5 Å². The van der Waals surface area contributed by atoms with Gasteiger partial charge in [-0.2, -0.15) is 0 Å². The van der Waals surface area contributed by atoms with Crippen LogP contribution in [0.15, 0.2) is 48.5 Å². The van der Waals surface area contributed by atoms with E-state index in [1.807, 2.05) is 12.1 Å². The number of nitrogen functional groups attached to an aromatic ring is 1. The summed E-state index contributed by atoms with van der Waals surface area (Å²) < 4.78 is 11.0. The molecule has 0 aromatic heterocycles. The lowest BCUT2D eigenvalue weighted by atomic mass is 10.2. The van der Waals surface area contributed by atoms with Gasteiger partial charge < -0.3 is 9.47 Å². The van der Waals surface area contributed by atoms with Crippen molar-refractivity contribution in [2.75, 3.05) is 13.2 Å². The van der Waals surface area contributed by atoms with Crippen LogP contribution < -0.4 is 20.7 Å². The highest BCUT2D eigenvalue weighted by Crippen LogP contribution is 2.23. The number of hydrazine groups is 1. The number of carbonyl (C=O) groups is 1. The molecular weight excluding hydrogens is 292 g/mol. The van der Waals surface area contributed by atoms with E-state index < -0.39 is 0 Å². The Labute approximate surface area is 127 Å². The van der Waals surface area contributed by atoms with Gasteiger partial charge >= 0.3 is 0 Å². The summed E-state index contributed by atoms with van der Waals surface area (Å²) in [4.78, 5) is 11.4. The second kappa shape index (κ2) is 7.52. The van der Waals surface area contributed by atoms with Crippen molar-refractivity contribution < 1.29 is 14.3 Å². The van der Waals surface area contributed by atoms with Crippen LogP contribution in [0.25, 0.3) is 0 Å². The number of nitrogens with one attached hydrogen (secondary N) is 1. The summed E-state index contributed by atoms with van der Waals surface area (Å²) in [6.45, 7) is 0.677. The van der Waals surface area contributed by atoms with E-state index in [0.29, 0.717) is 35.3 Å². The van der Waals surface area contributed by atoms with Crippen LogP contribution in [-0.2, 0) is 0 Å². The van der Waals surface area contributed by atoms with E-state index in [1.54, 1.807) is 36.4 Å². The van der Waals surface area contributed by atoms with Crippen LogP contribution >= 0.6 is 11.6 Å². The van der Waals surface area contributed by atoms with Gasteiger partial charge in [-0.15, -0.1) is 0 Å². The van der Waals surface area contributed by atoms with Crippen LogP contribution in [0.2, 0.25) is 5.02 Å². The molecule has 2 aromatic carbocycles. The smallest absolute Gasteiger partial charge is 0.265 e. The number of para-hydroxylation sites is 1. The molecule has 5 nitrogen and oxygen atoms in total. The van der Waals surface area contributed by atoms with Crippen molar-refractivity contribution in [1.29, 1.82) is 0 Å². The Morgan fingerprint density at radius 3 is 2.62 bits per heavy atom. The van der Waals surface area contributed by atoms with Gasteiger partial charge in [-0.3, -0.25) is 10.2 Å². The van der Waals surface area contributed by atoms with Gasteiger partial charge in [0.05, 0.1) is 5.02 Å². The summed E-state index contributed by atoms with van der Waals surface area (Å²) in [5.74, 6) is 5.89. The number of carbonyl (C=O) groups excluding carboxylic acids is 1. The molecular formula is C15H15ClN2O3. The van der Waals surface area contributed by atoms with Crippen LogP contribution in [0.5, 0.6) is 11.5 Å². The number of hydrogen-bond donors (Lipinski definition) is 2. The number of hydrogen-bond acceptors (Lipinski definition) is 4. The zero-order valence-corrected chi connectivity index (χ0v) is 12.0. The van der Waals surface area contributed by atoms with E-state index >= 15 is 0 Å². The first-order valence-electron chi connectivity index (χ1n) is 6.32. The van der Waals surface area contributed by atoms with Crippen LogP contribution in [0, 0.1) is 0 Å². The first-order chi connectivity index (χ1) is 10.2. The minimum atomic E-state index is -0.368. The van der Waals surface area contributed by atoms with E-state index in [4.69, 9.17) is 26.9 Å². The normalized spacial score (nSPS) is 10.0. The molecule has 0 aliphatic heterocycles. The monoisotopic (exact) mass is 306 g/mol. The molecule has 2 aromatic rings. The molecule has 0 bridgehead atoms. The number of nitrogens with two attached hydrogens (primary N) is 1. The quantitative estimate of drug-likeness (QED) is 0.372. The lowest BCUT2D eigenvalue weighted by Crippen LogP contribution is -2.29. The summed E-state index contributed by atoms with van der Waals surface area (Å²) in [5, 5.41) is 0.555. The number of amides is 1. The van der Waals surface area contributed by atoms with E-state index in [2.05, 4.69) is 5.43 Å². The van der Waals surface area contributed by atoms with Gasteiger partial charge in [0.25, 0.3) is 5.91 Å². The average molecular weight is 307 g/mol. The maximum atomic E-state index is 11.4. The van der Waals surface area contributed by atoms with Crippen LogP contribution in [0.4, 0.5) is 0 Å². The number of halogens is 1. The Bertz CT molecular complexity index is 619. The summed E-state index contributed by atoms with van der Waals surface area (Å²) in [6, 6.07) is 13.9. The minimum absolute atomic E-state index is 0.332. The Morgan fingerprint density at radius 1 is 1.10 bits per heavy atom. The highest BCUT2D eigenvalue weighted by atomic mass is 35.5. The van der Waals surface area contributed by atoms with Crippen LogP contribution in [0.1, 0.15) is 10.4 Å². The lowest BCUT2D eigenvalue weighted by Gasteiger charge is -2.10. The zero-order valence-electron chi connectivity index (χ0n) is 11.2. The minimum Gasteiger partial charge on any atom is -0.490 e. The Kier molecular flexibility index (Phi) is 5.43. The SMILES string of the molecule is NNC(=O)c1cccc(OCCOc2ccccc2Cl)c1. The molecule has 3 N–H and O–H groups in total. The first kappa shape index (κ1) is 15.2. The molecule has 0 spiro atoms. The molecule has 0 saturated heterocycles. The average Bonchev–Trinajstić information content (AvgIpc) is 2.52. The number of benzene rings is 2. The third-order valence-corrected chi connectivity index (χ3v) is 2.99. The van der Waals surface area contributed by atoms with Crippen molar-refractivity contribution in [1.82, 2.24) is 5.43 Å². The van der Waals surface area contributed by atoms with Gasteiger partial charge in [-0.25, -0.2) is 5.84 Å². The van der Waals surface area contributed by atoms with Gasteiger partial charge in [0.2, 0.25) is 0 Å². The maximum Gasteiger partial charge on any atom is 0.265 e. The van der Waals surface area contributed by atoms with E-state index in [-0.39, 0.29) is 5.91 Å². The van der Waals surface area contributed by atoms with Gasteiger partial charge in [-0.1, -0.05) is 29.8 Å². The van der Waals surface area contributed by atoms with Crippen LogP contribution in [0.3, 0.4) is 0 Å². The molecule has 0 heterocycles. The predicted molar refractivity (Wildman–Crippen MR) is 80.5 cm³/mol. The highest BCUT2D eigenvalue weighted by Gasteiger charge is 2.05. The fourth-order valence-corrected chi connectivity index (χ4v) is 1.87. The Hall–Kier alpha value is -2.24. The van der Waals surface area contributed by atoms with Crippen molar-refractivity contribution in [3.8, 4) is 11.5 Å². The molecule has 1 amide bonds. The standard InChI is InChI=1S/C15H15ClN2O3/c16-13-6-1-2-7-14(13)21-9-8-20-12-5-3-4-11(10-12)15(19)18-17/h1-7,10H,8-9,17H2,(H,18,19). The maximum absolute atomic E-state index is 11.4. The molecule has 0 atom stereocenters. The molecule has 0 unspecified atom stereocenters. The lowest BCUT2D eigenvalue weighted by molar-refractivity contribution is 0.0953. The third kappa shape index (κ3) is 4.37. The second-order valence-corrected chi connectivity index (χ2v) is 4.54. The largest absolute Gasteiger partial charge is 0.490 e. The van der Waals surface area contributed by atoms with Gasteiger partial charge in [-0.05, 0) is 30.3 Å². The van der Waals surface area contributed by atoms with E-state index in [0.717, 1.165) is 0 Å². The first-order valence-corrected chi connectivity index (χ1v) is 6.69. The fraction of sp³-hybridized carbons (Fsp3) is 0.133. The molecule has 0 radical (unpaired) electrons. The van der Waals surface area contributed by atoms with Gasteiger partial charge in [0, 0.05) is 5.56 Å². The van der Waals surface area contributed by atoms with Gasteiger partial charge in [0.1, 0.15) is 24.7 Å². The summed E-state index contributed by atoms with van der Waals surface area (Å²) in [6.07, 6.45) is 0. The topological polar surface area (TPSA) is 73.6 Å². The molecule has 6 heteroatoms. The molecule has 2 rings (SSSR count). The summed E-state index contributed by atoms with van der Waals surface area (Å²) in [7, 11) is 0. The van der Waals surface area contributed by atoms with Crippen molar-refractivity contribution in [3.63, 3.8) is 0 Å². The van der Waals surface area contributed by atoms with Crippen molar-refractivity contribution in [3.05, 3.63) is 59.1 Å². The number of rotatable bonds is 6. The van der Waals surface area contributed by atoms with Crippen LogP contribution in [-0.4, -0.2) is 19.1 Å². The molecule has 0 saturated carbocycles. The van der Waals surface area contributed by atoms with Crippen molar-refractivity contribution in [2.45, 2.75) is 0 Å². The fourth-order valence-electron chi connectivity index (χ4n) is 1.68. The summed E-state index contributed by atoms with van der Waals surface area (Å²) >= 11 is 5.97. The van der Waals surface area contributed by atoms with E-state index in [9.17, 15) is 4.79 Å². The van der Waals surface area contributed by atoms with E-state index in [1.165, 1.54) is 0 Å². The Morgan fingerprint density at radius 2 is 1.86 bits per heavy atom.